The average Bonchev–Trinajstić information content (AvgIpc) is 2.39. The highest BCUT2D eigenvalue weighted by Crippen LogP contribution is 2.23. The molecule has 0 spiro atoms. The third-order valence-corrected chi connectivity index (χ3v) is 3.25. The van der Waals surface area contributed by atoms with Gasteiger partial charge >= 0.3 is 0 Å². The second kappa shape index (κ2) is 5.40. The summed E-state index contributed by atoms with van der Waals surface area (Å²) in [6.07, 6.45) is 0. The Morgan fingerprint density at radius 2 is 2.00 bits per heavy atom. The molecule has 4 nitrogen and oxygen atoms in total. The Morgan fingerprint density at radius 3 is 2.61 bits per heavy atom. The predicted octanol–water partition coefficient (Wildman–Crippen LogP) is 1.86. The number of rotatable bonds is 2. The summed E-state index contributed by atoms with van der Waals surface area (Å²) in [6, 6.07) is 5.54. The summed E-state index contributed by atoms with van der Waals surface area (Å²) < 4.78 is 5.25. The summed E-state index contributed by atoms with van der Waals surface area (Å²) in [7, 11) is 0. The number of anilines is 1. The van der Waals surface area contributed by atoms with Gasteiger partial charge in [0.1, 0.15) is 0 Å². The molecular weight excluding hydrogens is 228 g/mol. The number of benzene rings is 1. The number of nitrogens with two attached hydrogens (primary N) is 1. The van der Waals surface area contributed by atoms with Gasteiger partial charge in [0.25, 0.3) is 5.91 Å². The topological polar surface area (TPSA) is 55.6 Å². The average molecular weight is 248 g/mol. The molecule has 0 aliphatic carbocycles. The van der Waals surface area contributed by atoms with Crippen LogP contribution in [0, 0.1) is 0 Å². The van der Waals surface area contributed by atoms with Crippen molar-refractivity contribution in [2.45, 2.75) is 19.8 Å². The highest BCUT2D eigenvalue weighted by molar-refractivity contribution is 5.95. The van der Waals surface area contributed by atoms with Crippen molar-refractivity contribution >= 4 is 11.6 Å². The van der Waals surface area contributed by atoms with Crippen LogP contribution in [0.5, 0.6) is 0 Å². The van der Waals surface area contributed by atoms with E-state index in [1.165, 1.54) is 0 Å². The molecule has 1 aromatic carbocycles. The maximum atomic E-state index is 12.3. The van der Waals surface area contributed by atoms with E-state index in [1.54, 1.807) is 6.07 Å². The molecule has 0 atom stereocenters. The molecule has 1 aliphatic heterocycles. The van der Waals surface area contributed by atoms with E-state index in [2.05, 4.69) is 13.8 Å². The van der Waals surface area contributed by atoms with Crippen LogP contribution in [-0.4, -0.2) is 37.1 Å². The van der Waals surface area contributed by atoms with Crippen molar-refractivity contribution in [2.24, 2.45) is 0 Å². The number of ether oxygens (including phenoxy) is 1. The van der Waals surface area contributed by atoms with Gasteiger partial charge in [0.15, 0.2) is 0 Å². The van der Waals surface area contributed by atoms with E-state index >= 15 is 0 Å². The third-order valence-electron chi connectivity index (χ3n) is 3.25. The minimum Gasteiger partial charge on any atom is -0.398 e. The maximum absolute atomic E-state index is 12.3. The van der Waals surface area contributed by atoms with Gasteiger partial charge in [0, 0.05) is 24.3 Å². The Labute approximate surface area is 108 Å². The van der Waals surface area contributed by atoms with Gasteiger partial charge in [0.2, 0.25) is 0 Å². The van der Waals surface area contributed by atoms with E-state index in [0.29, 0.717) is 32.2 Å². The van der Waals surface area contributed by atoms with Gasteiger partial charge in [-0.15, -0.1) is 0 Å². The largest absolute Gasteiger partial charge is 0.398 e. The third kappa shape index (κ3) is 2.64. The van der Waals surface area contributed by atoms with Crippen LogP contribution in [0.1, 0.15) is 35.7 Å². The molecule has 0 radical (unpaired) electrons. The van der Waals surface area contributed by atoms with Gasteiger partial charge in [-0.3, -0.25) is 4.79 Å². The Balaban J connectivity index is 2.22. The van der Waals surface area contributed by atoms with E-state index in [0.717, 1.165) is 16.8 Å². The second-order valence-corrected chi connectivity index (χ2v) is 4.90. The number of amides is 1. The van der Waals surface area contributed by atoms with Crippen molar-refractivity contribution in [3.05, 3.63) is 29.3 Å². The van der Waals surface area contributed by atoms with Gasteiger partial charge in [-0.1, -0.05) is 13.8 Å². The molecule has 0 bridgehead atoms. The fraction of sp³-hybridized carbons (Fsp3) is 0.500. The fourth-order valence-electron chi connectivity index (χ4n) is 2.16. The molecule has 0 aromatic heterocycles. The van der Waals surface area contributed by atoms with E-state index in [1.807, 2.05) is 17.0 Å². The lowest BCUT2D eigenvalue weighted by Gasteiger charge is -2.27. The summed E-state index contributed by atoms with van der Waals surface area (Å²) in [6.45, 7) is 6.74. The van der Waals surface area contributed by atoms with Crippen LogP contribution in [0.25, 0.3) is 0 Å². The first-order valence-electron chi connectivity index (χ1n) is 6.36. The predicted molar refractivity (Wildman–Crippen MR) is 71.7 cm³/mol. The van der Waals surface area contributed by atoms with E-state index < -0.39 is 0 Å². The molecule has 98 valence electrons. The fourth-order valence-corrected chi connectivity index (χ4v) is 2.16. The van der Waals surface area contributed by atoms with Crippen LogP contribution < -0.4 is 5.73 Å². The van der Waals surface area contributed by atoms with Gasteiger partial charge in [0.05, 0.1) is 13.2 Å². The summed E-state index contributed by atoms with van der Waals surface area (Å²) in [5.74, 6) is 0.391. The van der Waals surface area contributed by atoms with Gasteiger partial charge in [-0.05, 0) is 29.7 Å². The summed E-state index contributed by atoms with van der Waals surface area (Å²) in [4.78, 5) is 14.1. The van der Waals surface area contributed by atoms with Crippen LogP contribution >= 0.6 is 0 Å². The standard InChI is InChI=1S/C14H20N2O2/c1-10(2)12-9-11(3-4-13(12)15)14(17)16-5-7-18-8-6-16/h3-4,9-10H,5-8,15H2,1-2H3. The molecule has 0 saturated carbocycles. The quantitative estimate of drug-likeness (QED) is 0.813. The number of hydrogen-bond acceptors (Lipinski definition) is 3. The Morgan fingerprint density at radius 1 is 1.33 bits per heavy atom. The van der Waals surface area contributed by atoms with Crippen molar-refractivity contribution < 1.29 is 9.53 Å². The number of carbonyl (C=O) groups excluding carboxylic acids is 1. The van der Waals surface area contributed by atoms with Gasteiger partial charge < -0.3 is 15.4 Å². The Bertz CT molecular complexity index is 437. The van der Waals surface area contributed by atoms with Crippen molar-refractivity contribution in [1.82, 2.24) is 4.90 Å². The maximum Gasteiger partial charge on any atom is 0.254 e. The van der Waals surface area contributed by atoms with Crippen molar-refractivity contribution in [1.29, 1.82) is 0 Å². The van der Waals surface area contributed by atoms with Crippen LogP contribution in [0.2, 0.25) is 0 Å². The van der Waals surface area contributed by atoms with Crippen LogP contribution in [-0.2, 0) is 4.74 Å². The molecule has 2 N–H and O–H groups in total. The van der Waals surface area contributed by atoms with Crippen LogP contribution in [0.4, 0.5) is 5.69 Å². The van der Waals surface area contributed by atoms with Gasteiger partial charge in [-0.2, -0.15) is 0 Å². The molecule has 1 aliphatic rings. The lowest BCUT2D eigenvalue weighted by molar-refractivity contribution is 0.0303. The van der Waals surface area contributed by atoms with Crippen LogP contribution in [0.3, 0.4) is 0 Å². The monoisotopic (exact) mass is 248 g/mol. The molecule has 1 amide bonds. The molecule has 1 aromatic rings. The molecule has 1 fully saturated rings. The minimum atomic E-state index is 0.0696. The first-order valence-corrected chi connectivity index (χ1v) is 6.36. The highest BCUT2D eigenvalue weighted by atomic mass is 16.5. The van der Waals surface area contributed by atoms with Crippen molar-refractivity contribution in [2.75, 3.05) is 32.0 Å². The van der Waals surface area contributed by atoms with Crippen molar-refractivity contribution in [3.8, 4) is 0 Å². The first-order chi connectivity index (χ1) is 8.59. The van der Waals surface area contributed by atoms with E-state index in [-0.39, 0.29) is 5.91 Å². The normalized spacial score (nSPS) is 16.1. The Hall–Kier alpha value is -1.55. The lowest BCUT2D eigenvalue weighted by Crippen LogP contribution is -2.40. The minimum absolute atomic E-state index is 0.0696. The smallest absolute Gasteiger partial charge is 0.254 e. The molecule has 2 rings (SSSR count). The van der Waals surface area contributed by atoms with Crippen molar-refractivity contribution in [3.63, 3.8) is 0 Å². The number of nitrogen functional groups attached to an aromatic ring is 1. The first kappa shape index (κ1) is 12.9. The summed E-state index contributed by atoms with van der Waals surface area (Å²) in [5.41, 5.74) is 8.43. The summed E-state index contributed by atoms with van der Waals surface area (Å²) in [5, 5.41) is 0. The number of morpholine rings is 1. The van der Waals surface area contributed by atoms with E-state index in [4.69, 9.17) is 10.5 Å². The SMILES string of the molecule is CC(C)c1cc(C(=O)N2CCOCC2)ccc1N. The molecular formula is C14H20N2O2. The molecule has 1 saturated heterocycles. The van der Waals surface area contributed by atoms with Gasteiger partial charge in [-0.25, -0.2) is 0 Å². The zero-order valence-corrected chi connectivity index (χ0v) is 11.0. The molecule has 18 heavy (non-hydrogen) atoms. The number of nitrogens with zero attached hydrogens (tertiary/aromatic N) is 1. The van der Waals surface area contributed by atoms with E-state index in [9.17, 15) is 4.79 Å². The number of hydrogen-bond donors (Lipinski definition) is 1. The number of carbonyl (C=O) groups is 1. The lowest BCUT2D eigenvalue weighted by atomic mass is 9.98. The molecule has 4 heteroatoms. The molecule has 0 unspecified atom stereocenters. The van der Waals surface area contributed by atoms with Crippen LogP contribution in [0.15, 0.2) is 18.2 Å². The summed E-state index contributed by atoms with van der Waals surface area (Å²) >= 11 is 0. The zero-order chi connectivity index (χ0) is 13.1. The second-order valence-electron chi connectivity index (χ2n) is 4.90. The molecule has 1 heterocycles. The highest BCUT2D eigenvalue weighted by Gasteiger charge is 2.19. The Kier molecular flexibility index (Phi) is 3.87. The zero-order valence-electron chi connectivity index (χ0n) is 11.0.